The number of hydrogen-bond donors (Lipinski definition) is 0. The molecular weight excluding hydrogens is 278 g/mol. The molecule has 0 N–H and O–H groups in total. The quantitative estimate of drug-likeness (QED) is 0.493. The molecule has 1 saturated carbocycles. The number of nitrogens with zero attached hydrogens (tertiary/aromatic N) is 3. The van der Waals surface area contributed by atoms with E-state index in [1.54, 1.807) is 18.2 Å². The first kappa shape index (κ1) is 14.5. The number of esters is 1. The van der Waals surface area contributed by atoms with Crippen LogP contribution in [0.2, 0.25) is 0 Å². The van der Waals surface area contributed by atoms with E-state index in [1.165, 1.54) is 25.3 Å². The molecule has 0 atom stereocenters. The van der Waals surface area contributed by atoms with Gasteiger partial charge in [0.15, 0.2) is 0 Å². The topological polar surface area (TPSA) is 57.0 Å². The zero-order valence-corrected chi connectivity index (χ0v) is 12.4. The first-order valence-corrected chi connectivity index (χ1v) is 7.68. The summed E-state index contributed by atoms with van der Waals surface area (Å²) in [6.07, 6.45) is 11.0. The molecule has 0 saturated heterocycles. The highest BCUT2D eigenvalue weighted by Crippen LogP contribution is 2.27. The largest absolute Gasteiger partial charge is 0.423 e. The maximum absolute atomic E-state index is 11.7. The Labute approximate surface area is 129 Å². The molecule has 5 heteroatoms. The van der Waals surface area contributed by atoms with Crippen molar-refractivity contribution in [2.24, 2.45) is 0 Å². The Morgan fingerprint density at radius 3 is 2.73 bits per heavy atom. The van der Waals surface area contributed by atoms with Crippen LogP contribution in [-0.4, -0.2) is 21.0 Å². The van der Waals surface area contributed by atoms with Crippen LogP contribution in [0.3, 0.4) is 0 Å². The number of carbonyl (C=O) groups is 1. The SMILES string of the molecule is O=C(/C=C\c1cn(C2CCCCC2)nn1)Oc1ccccc1. The van der Waals surface area contributed by atoms with Crippen molar-refractivity contribution in [3.63, 3.8) is 0 Å². The van der Waals surface area contributed by atoms with Gasteiger partial charge in [0.1, 0.15) is 11.4 Å². The molecule has 114 valence electrons. The van der Waals surface area contributed by atoms with Crippen LogP contribution in [0.25, 0.3) is 6.08 Å². The first-order chi connectivity index (χ1) is 10.8. The van der Waals surface area contributed by atoms with Gasteiger partial charge < -0.3 is 4.74 Å². The molecule has 1 aliphatic rings. The molecule has 1 aromatic carbocycles. The summed E-state index contributed by atoms with van der Waals surface area (Å²) >= 11 is 0. The van der Waals surface area contributed by atoms with E-state index in [4.69, 9.17) is 4.74 Å². The molecule has 0 radical (unpaired) electrons. The summed E-state index contributed by atoms with van der Waals surface area (Å²) in [6.45, 7) is 0. The Balaban J connectivity index is 1.58. The molecule has 1 aliphatic carbocycles. The van der Waals surface area contributed by atoms with E-state index < -0.39 is 5.97 Å². The highest BCUT2D eigenvalue weighted by Gasteiger charge is 2.16. The summed E-state index contributed by atoms with van der Waals surface area (Å²) in [5.41, 5.74) is 0.676. The third-order valence-electron chi connectivity index (χ3n) is 3.83. The fourth-order valence-electron chi connectivity index (χ4n) is 2.68. The zero-order valence-electron chi connectivity index (χ0n) is 12.4. The number of aromatic nitrogens is 3. The predicted molar refractivity (Wildman–Crippen MR) is 83.3 cm³/mol. The van der Waals surface area contributed by atoms with Gasteiger partial charge in [-0.05, 0) is 31.1 Å². The molecule has 1 aromatic heterocycles. The Kier molecular flexibility index (Phi) is 4.63. The number of benzene rings is 1. The van der Waals surface area contributed by atoms with Gasteiger partial charge in [-0.15, -0.1) is 5.10 Å². The lowest BCUT2D eigenvalue weighted by Gasteiger charge is -2.20. The Morgan fingerprint density at radius 1 is 1.18 bits per heavy atom. The minimum atomic E-state index is -0.418. The third kappa shape index (κ3) is 3.81. The van der Waals surface area contributed by atoms with Crippen molar-refractivity contribution in [3.8, 4) is 5.75 Å². The lowest BCUT2D eigenvalue weighted by molar-refractivity contribution is -0.128. The van der Waals surface area contributed by atoms with Crippen LogP contribution in [0, 0.1) is 0 Å². The van der Waals surface area contributed by atoms with Gasteiger partial charge in [-0.1, -0.05) is 42.7 Å². The smallest absolute Gasteiger partial charge is 0.336 e. The molecular formula is C17H19N3O2. The van der Waals surface area contributed by atoms with Gasteiger partial charge in [-0.3, -0.25) is 0 Å². The first-order valence-electron chi connectivity index (χ1n) is 7.68. The molecule has 1 heterocycles. The second-order valence-electron chi connectivity index (χ2n) is 5.48. The Hall–Kier alpha value is -2.43. The van der Waals surface area contributed by atoms with Gasteiger partial charge in [0.25, 0.3) is 0 Å². The second kappa shape index (κ2) is 7.02. The number of para-hydroxylation sites is 1. The lowest BCUT2D eigenvalue weighted by atomic mass is 9.96. The van der Waals surface area contributed by atoms with Crippen molar-refractivity contribution in [1.29, 1.82) is 0 Å². The molecule has 0 aliphatic heterocycles. The van der Waals surface area contributed by atoms with Crippen molar-refractivity contribution >= 4 is 12.0 Å². The zero-order chi connectivity index (χ0) is 15.2. The van der Waals surface area contributed by atoms with Crippen LogP contribution in [0.15, 0.2) is 42.6 Å². The fourth-order valence-corrected chi connectivity index (χ4v) is 2.68. The Bertz CT molecular complexity index is 643. The van der Waals surface area contributed by atoms with Gasteiger partial charge in [0, 0.05) is 6.08 Å². The maximum Gasteiger partial charge on any atom is 0.336 e. The van der Waals surface area contributed by atoms with Crippen molar-refractivity contribution in [1.82, 2.24) is 15.0 Å². The fraction of sp³-hybridized carbons (Fsp3) is 0.353. The van der Waals surface area contributed by atoms with E-state index in [-0.39, 0.29) is 0 Å². The highest BCUT2D eigenvalue weighted by atomic mass is 16.5. The molecule has 0 bridgehead atoms. The van der Waals surface area contributed by atoms with Crippen LogP contribution < -0.4 is 4.74 Å². The minimum Gasteiger partial charge on any atom is -0.423 e. The number of rotatable bonds is 4. The van der Waals surface area contributed by atoms with E-state index in [0.29, 0.717) is 17.5 Å². The molecule has 0 spiro atoms. The standard InChI is InChI=1S/C17H19N3O2/c21-17(22-16-9-5-2-6-10-16)12-11-14-13-20(19-18-14)15-7-3-1-4-8-15/h2,5-6,9-13,15H,1,3-4,7-8H2/b12-11-. The van der Waals surface area contributed by atoms with E-state index in [2.05, 4.69) is 10.3 Å². The van der Waals surface area contributed by atoms with Crippen LogP contribution in [0.4, 0.5) is 0 Å². The van der Waals surface area contributed by atoms with Gasteiger partial charge in [0.05, 0.1) is 12.2 Å². The minimum absolute atomic E-state index is 0.418. The maximum atomic E-state index is 11.7. The van der Waals surface area contributed by atoms with Crippen molar-refractivity contribution in [2.45, 2.75) is 38.1 Å². The molecule has 0 amide bonds. The molecule has 2 aromatic rings. The second-order valence-corrected chi connectivity index (χ2v) is 5.48. The summed E-state index contributed by atoms with van der Waals surface area (Å²) in [5, 5.41) is 8.25. The normalized spacial score (nSPS) is 16.0. The number of ether oxygens (including phenoxy) is 1. The van der Waals surface area contributed by atoms with E-state index >= 15 is 0 Å². The summed E-state index contributed by atoms with van der Waals surface area (Å²) in [5.74, 6) is 0.112. The van der Waals surface area contributed by atoms with Crippen LogP contribution in [0.5, 0.6) is 5.75 Å². The van der Waals surface area contributed by atoms with Crippen molar-refractivity contribution in [3.05, 3.63) is 48.3 Å². The van der Waals surface area contributed by atoms with E-state index in [1.807, 2.05) is 29.1 Å². The molecule has 22 heavy (non-hydrogen) atoms. The number of carbonyl (C=O) groups excluding carboxylic acids is 1. The van der Waals surface area contributed by atoms with Gasteiger partial charge in [0.2, 0.25) is 0 Å². The molecule has 0 unspecified atom stereocenters. The van der Waals surface area contributed by atoms with Crippen LogP contribution >= 0.6 is 0 Å². The average molecular weight is 297 g/mol. The summed E-state index contributed by atoms with van der Waals surface area (Å²) < 4.78 is 7.10. The van der Waals surface area contributed by atoms with Crippen molar-refractivity contribution < 1.29 is 9.53 Å². The molecule has 1 fully saturated rings. The number of hydrogen-bond acceptors (Lipinski definition) is 4. The van der Waals surface area contributed by atoms with E-state index in [0.717, 1.165) is 12.8 Å². The molecule has 3 rings (SSSR count). The van der Waals surface area contributed by atoms with Crippen molar-refractivity contribution in [2.75, 3.05) is 0 Å². The van der Waals surface area contributed by atoms with Gasteiger partial charge >= 0.3 is 5.97 Å². The van der Waals surface area contributed by atoms with E-state index in [9.17, 15) is 4.79 Å². The summed E-state index contributed by atoms with van der Waals surface area (Å²) in [4.78, 5) is 11.7. The van der Waals surface area contributed by atoms with Gasteiger partial charge in [-0.25, -0.2) is 9.48 Å². The molecule has 5 nitrogen and oxygen atoms in total. The summed E-state index contributed by atoms with van der Waals surface area (Å²) in [6, 6.07) is 9.44. The average Bonchev–Trinajstić information content (AvgIpc) is 3.04. The lowest BCUT2D eigenvalue weighted by Crippen LogP contribution is -2.13. The Morgan fingerprint density at radius 2 is 1.95 bits per heavy atom. The van der Waals surface area contributed by atoms with Crippen LogP contribution in [0.1, 0.15) is 43.8 Å². The van der Waals surface area contributed by atoms with Crippen LogP contribution in [-0.2, 0) is 4.79 Å². The third-order valence-corrected chi connectivity index (χ3v) is 3.83. The van der Waals surface area contributed by atoms with Gasteiger partial charge in [-0.2, -0.15) is 0 Å². The monoisotopic (exact) mass is 297 g/mol. The highest BCUT2D eigenvalue weighted by molar-refractivity contribution is 5.88. The summed E-state index contributed by atoms with van der Waals surface area (Å²) in [7, 11) is 0. The predicted octanol–water partition coefficient (Wildman–Crippen LogP) is 3.40.